The van der Waals surface area contributed by atoms with Gasteiger partial charge in [0.25, 0.3) is 11.6 Å². The van der Waals surface area contributed by atoms with Crippen molar-refractivity contribution in [2.24, 2.45) is 0 Å². The number of carbonyl (C=O) groups is 2. The Hall–Kier alpha value is -4.11. The molecule has 2 N–H and O–H groups in total. The second-order valence-electron chi connectivity index (χ2n) is 6.78. The van der Waals surface area contributed by atoms with Crippen LogP contribution >= 0.6 is 11.6 Å². The molecule has 0 heterocycles. The zero-order valence-electron chi connectivity index (χ0n) is 17.5. The van der Waals surface area contributed by atoms with Gasteiger partial charge in [0.2, 0.25) is 0 Å². The van der Waals surface area contributed by atoms with Crippen LogP contribution < -0.4 is 15.4 Å². The molecule has 10 heteroatoms. The monoisotopic (exact) mass is 469 g/mol. The van der Waals surface area contributed by atoms with E-state index >= 15 is 0 Å². The van der Waals surface area contributed by atoms with Crippen molar-refractivity contribution < 1.29 is 24.0 Å². The van der Waals surface area contributed by atoms with Crippen LogP contribution in [0.1, 0.15) is 15.9 Å². The summed E-state index contributed by atoms with van der Waals surface area (Å²) >= 11 is 6.13. The van der Waals surface area contributed by atoms with Crippen LogP contribution in [-0.4, -0.2) is 30.5 Å². The van der Waals surface area contributed by atoms with Gasteiger partial charge in [0, 0.05) is 28.9 Å². The fraction of sp³-hybridized carbons (Fsp3) is 0.130. The number of ether oxygens (including phenoxy) is 2. The molecular weight excluding hydrogens is 450 g/mol. The minimum Gasteiger partial charge on any atom is -0.482 e. The zero-order valence-corrected chi connectivity index (χ0v) is 18.3. The maximum absolute atomic E-state index is 12.6. The molecule has 0 radical (unpaired) electrons. The first-order chi connectivity index (χ1) is 15.9. The molecule has 0 fully saturated rings. The van der Waals surface area contributed by atoms with E-state index in [2.05, 4.69) is 15.4 Å². The summed E-state index contributed by atoms with van der Waals surface area (Å²) in [4.78, 5) is 34.7. The van der Waals surface area contributed by atoms with Crippen LogP contribution in [0.3, 0.4) is 0 Å². The van der Waals surface area contributed by atoms with Crippen molar-refractivity contribution in [2.75, 3.05) is 24.4 Å². The van der Waals surface area contributed by atoms with Crippen LogP contribution in [0.5, 0.6) is 5.75 Å². The standard InChI is InChI=1S/C23H20ClN3O6/c1-32-22(28)14-33-18-9-7-17(8-10-18)26-23(29)15-6-11-20(21(12-15)27(30)31)25-13-16-4-2-3-5-19(16)24/h2-12,25H,13-14H2,1H3,(H,26,29). The van der Waals surface area contributed by atoms with Crippen molar-refractivity contribution >= 4 is 40.5 Å². The average molecular weight is 470 g/mol. The number of nitro benzene ring substituents is 1. The molecule has 3 rings (SSSR count). The number of rotatable bonds is 9. The Kier molecular flexibility index (Phi) is 7.82. The summed E-state index contributed by atoms with van der Waals surface area (Å²) < 4.78 is 9.74. The van der Waals surface area contributed by atoms with Gasteiger partial charge in [0.05, 0.1) is 12.0 Å². The van der Waals surface area contributed by atoms with E-state index in [1.165, 1.54) is 25.3 Å². The number of benzene rings is 3. The second kappa shape index (κ2) is 11.0. The number of nitrogens with one attached hydrogen (secondary N) is 2. The van der Waals surface area contributed by atoms with Gasteiger partial charge in [-0.15, -0.1) is 0 Å². The summed E-state index contributed by atoms with van der Waals surface area (Å²) in [5, 5.41) is 17.8. The van der Waals surface area contributed by atoms with Crippen molar-refractivity contribution in [3.05, 3.63) is 93.0 Å². The number of amides is 1. The molecule has 0 atom stereocenters. The first-order valence-corrected chi connectivity index (χ1v) is 10.1. The van der Waals surface area contributed by atoms with Crippen LogP contribution in [0.4, 0.5) is 17.1 Å². The molecule has 0 saturated heterocycles. The SMILES string of the molecule is COC(=O)COc1ccc(NC(=O)c2ccc(NCc3ccccc3Cl)c([N+](=O)[O-])c2)cc1. The van der Waals surface area contributed by atoms with Crippen LogP contribution in [0, 0.1) is 10.1 Å². The van der Waals surface area contributed by atoms with E-state index in [0.29, 0.717) is 16.5 Å². The van der Waals surface area contributed by atoms with E-state index in [1.807, 2.05) is 12.1 Å². The predicted molar refractivity (Wildman–Crippen MR) is 124 cm³/mol. The van der Waals surface area contributed by atoms with E-state index in [9.17, 15) is 19.7 Å². The third kappa shape index (κ3) is 6.44. The summed E-state index contributed by atoms with van der Waals surface area (Å²) in [6.45, 7) is 0.0548. The van der Waals surface area contributed by atoms with Gasteiger partial charge < -0.3 is 20.1 Å². The number of hydrogen-bond donors (Lipinski definition) is 2. The number of anilines is 2. The Bertz CT molecular complexity index is 1170. The molecule has 0 aliphatic carbocycles. The lowest BCUT2D eigenvalue weighted by Crippen LogP contribution is -2.13. The highest BCUT2D eigenvalue weighted by atomic mass is 35.5. The Balaban J connectivity index is 1.68. The third-order valence-corrected chi connectivity index (χ3v) is 4.95. The number of methoxy groups -OCH3 is 1. The number of carbonyl (C=O) groups excluding carboxylic acids is 2. The molecule has 0 aromatic heterocycles. The molecule has 170 valence electrons. The Labute approximate surface area is 194 Å². The normalized spacial score (nSPS) is 10.2. The average Bonchev–Trinajstić information content (AvgIpc) is 2.82. The summed E-state index contributed by atoms with van der Waals surface area (Å²) in [7, 11) is 1.26. The summed E-state index contributed by atoms with van der Waals surface area (Å²) in [6, 6.07) is 17.7. The number of hydrogen-bond acceptors (Lipinski definition) is 7. The zero-order chi connectivity index (χ0) is 23.8. The van der Waals surface area contributed by atoms with Crippen LogP contribution in [0.15, 0.2) is 66.7 Å². The van der Waals surface area contributed by atoms with Crippen LogP contribution in [0.2, 0.25) is 5.02 Å². The van der Waals surface area contributed by atoms with Gasteiger partial charge in [-0.3, -0.25) is 14.9 Å². The lowest BCUT2D eigenvalue weighted by Gasteiger charge is -2.11. The molecule has 0 unspecified atom stereocenters. The van der Waals surface area contributed by atoms with Crippen molar-refractivity contribution in [1.29, 1.82) is 0 Å². The van der Waals surface area contributed by atoms with Crippen molar-refractivity contribution in [2.45, 2.75) is 6.54 Å². The van der Waals surface area contributed by atoms with E-state index in [4.69, 9.17) is 16.3 Å². The fourth-order valence-corrected chi connectivity index (χ4v) is 3.05. The first kappa shape index (κ1) is 23.6. The van der Waals surface area contributed by atoms with E-state index in [1.54, 1.807) is 36.4 Å². The quantitative estimate of drug-likeness (QED) is 0.265. The van der Waals surface area contributed by atoms with E-state index < -0.39 is 16.8 Å². The van der Waals surface area contributed by atoms with Gasteiger partial charge in [-0.05, 0) is 48.0 Å². The molecular formula is C23H20ClN3O6. The van der Waals surface area contributed by atoms with Gasteiger partial charge in [-0.1, -0.05) is 29.8 Å². The molecule has 1 amide bonds. The number of halogens is 1. The predicted octanol–water partition coefficient (Wildman–Crippen LogP) is 4.66. The number of nitrogens with zero attached hydrogens (tertiary/aromatic N) is 1. The Morgan fingerprint density at radius 1 is 1.06 bits per heavy atom. The number of nitro groups is 1. The topological polar surface area (TPSA) is 120 Å². The summed E-state index contributed by atoms with van der Waals surface area (Å²) in [5.74, 6) is -0.610. The highest BCUT2D eigenvalue weighted by molar-refractivity contribution is 6.31. The summed E-state index contributed by atoms with van der Waals surface area (Å²) in [5.41, 5.74) is 1.39. The van der Waals surface area contributed by atoms with Crippen molar-refractivity contribution in [3.8, 4) is 5.75 Å². The van der Waals surface area contributed by atoms with Crippen molar-refractivity contribution in [3.63, 3.8) is 0 Å². The Morgan fingerprint density at radius 2 is 1.79 bits per heavy atom. The lowest BCUT2D eigenvalue weighted by molar-refractivity contribution is -0.384. The molecule has 0 saturated carbocycles. The molecule has 3 aromatic carbocycles. The highest BCUT2D eigenvalue weighted by Gasteiger charge is 2.18. The lowest BCUT2D eigenvalue weighted by atomic mass is 10.1. The van der Waals surface area contributed by atoms with Gasteiger partial charge in [-0.25, -0.2) is 4.79 Å². The second-order valence-corrected chi connectivity index (χ2v) is 7.18. The first-order valence-electron chi connectivity index (χ1n) is 9.74. The molecule has 0 spiro atoms. The maximum Gasteiger partial charge on any atom is 0.343 e. The third-order valence-electron chi connectivity index (χ3n) is 4.58. The molecule has 0 aliphatic heterocycles. The summed E-state index contributed by atoms with van der Waals surface area (Å²) in [6.07, 6.45) is 0. The van der Waals surface area contributed by atoms with Gasteiger partial charge in [0.15, 0.2) is 6.61 Å². The minimum absolute atomic E-state index is 0.121. The smallest absolute Gasteiger partial charge is 0.343 e. The number of esters is 1. The minimum atomic E-state index is -0.556. The van der Waals surface area contributed by atoms with Gasteiger partial charge >= 0.3 is 5.97 Å². The van der Waals surface area contributed by atoms with Crippen molar-refractivity contribution in [1.82, 2.24) is 0 Å². The van der Waals surface area contributed by atoms with Crippen LogP contribution in [0.25, 0.3) is 0 Å². The Morgan fingerprint density at radius 3 is 2.45 bits per heavy atom. The van der Waals surface area contributed by atoms with Gasteiger partial charge in [-0.2, -0.15) is 0 Å². The van der Waals surface area contributed by atoms with Gasteiger partial charge in [0.1, 0.15) is 11.4 Å². The highest BCUT2D eigenvalue weighted by Crippen LogP contribution is 2.27. The fourth-order valence-electron chi connectivity index (χ4n) is 2.84. The molecule has 9 nitrogen and oxygen atoms in total. The molecule has 0 aliphatic rings. The van der Waals surface area contributed by atoms with E-state index in [-0.39, 0.29) is 30.1 Å². The maximum atomic E-state index is 12.6. The largest absolute Gasteiger partial charge is 0.482 e. The molecule has 0 bridgehead atoms. The van der Waals surface area contributed by atoms with Crippen LogP contribution in [-0.2, 0) is 16.1 Å². The molecule has 33 heavy (non-hydrogen) atoms. The molecule has 3 aromatic rings. The van der Waals surface area contributed by atoms with E-state index in [0.717, 1.165) is 5.56 Å².